The number of methoxy groups -OCH3 is 3. The van der Waals surface area contributed by atoms with Gasteiger partial charge in [0.15, 0.2) is 5.76 Å². The molecule has 0 aliphatic heterocycles. The Morgan fingerprint density at radius 2 is 1.11 bits per heavy atom. The lowest BCUT2D eigenvalue weighted by atomic mass is 9.87. The third-order valence-electron chi connectivity index (χ3n) is 4.49. The van der Waals surface area contributed by atoms with Crippen molar-refractivity contribution in [1.82, 2.24) is 0 Å². The number of ketones is 2. The number of carbonyl (C=O) groups excluding carboxylic acids is 2. The van der Waals surface area contributed by atoms with Crippen molar-refractivity contribution in [3.8, 4) is 11.5 Å². The first-order valence-electron chi connectivity index (χ1n) is 8.50. The number of hydrogen-bond acceptors (Lipinski definition) is 6. The quantitative estimate of drug-likeness (QED) is 0.688. The molecule has 1 aliphatic carbocycles. The van der Waals surface area contributed by atoms with Crippen molar-refractivity contribution in [3.63, 3.8) is 0 Å². The summed E-state index contributed by atoms with van der Waals surface area (Å²) in [5, 5.41) is 0. The van der Waals surface area contributed by atoms with E-state index in [1.165, 1.54) is 18.9 Å². The molecule has 0 heterocycles. The fourth-order valence-corrected chi connectivity index (χ4v) is 3.79. The smallest absolute Gasteiger partial charge is 0.230 e. The second-order valence-electron chi connectivity index (χ2n) is 5.93. The van der Waals surface area contributed by atoms with Gasteiger partial charge in [0, 0.05) is 0 Å². The van der Waals surface area contributed by atoms with Crippen LogP contribution in [0.25, 0.3) is 11.1 Å². The van der Waals surface area contributed by atoms with Gasteiger partial charge in [0.1, 0.15) is 11.5 Å². The summed E-state index contributed by atoms with van der Waals surface area (Å²) in [6.07, 6.45) is 1.79. The van der Waals surface area contributed by atoms with Crippen molar-refractivity contribution >= 4 is 34.5 Å². The topological polar surface area (TPSA) is 61.8 Å². The standard InChI is InChI=1S/C22H20O5S/c1-25-15-9-5-13(6-10-15)17-20(24)22(28-4)18(19(23)21(17)27-3)14-7-11-16(26-2)12-8-14/h5-12H,1-4H3. The minimum Gasteiger partial charge on any atom is -0.497 e. The van der Waals surface area contributed by atoms with Gasteiger partial charge in [-0.2, -0.15) is 0 Å². The normalized spacial score (nSPS) is 14.4. The number of Topliss-reactive ketones (excluding diaryl/α,β-unsaturated/α-hetero) is 2. The fourth-order valence-electron chi connectivity index (χ4n) is 3.09. The molecule has 0 atom stereocenters. The molecule has 0 spiro atoms. The molecule has 0 saturated heterocycles. The third-order valence-corrected chi connectivity index (χ3v) is 5.28. The van der Waals surface area contributed by atoms with Gasteiger partial charge in [-0.05, 0) is 41.6 Å². The van der Waals surface area contributed by atoms with Gasteiger partial charge in [-0.15, -0.1) is 11.8 Å². The first kappa shape index (κ1) is 19.8. The average molecular weight is 396 g/mol. The van der Waals surface area contributed by atoms with E-state index in [1.54, 1.807) is 69.0 Å². The Morgan fingerprint density at radius 3 is 1.50 bits per heavy atom. The summed E-state index contributed by atoms with van der Waals surface area (Å²) in [5.74, 6) is 0.824. The zero-order chi connectivity index (χ0) is 20.3. The van der Waals surface area contributed by atoms with Gasteiger partial charge >= 0.3 is 0 Å². The van der Waals surface area contributed by atoms with Crippen LogP contribution in [-0.4, -0.2) is 39.2 Å². The second-order valence-corrected chi connectivity index (χ2v) is 6.75. The van der Waals surface area contributed by atoms with E-state index in [0.29, 0.717) is 33.1 Å². The molecule has 5 nitrogen and oxygen atoms in total. The number of thioether (sulfide) groups is 1. The second kappa shape index (κ2) is 8.35. The summed E-state index contributed by atoms with van der Waals surface area (Å²) < 4.78 is 15.7. The molecule has 1 aliphatic rings. The highest BCUT2D eigenvalue weighted by atomic mass is 32.2. The number of carbonyl (C=O) groups is 2. The molecule has 0 N–H and O–H groups in total. The largest absolute Gasteiger partial charge is 0.497 e. The maximum Gasteiger partial charge on any atom is 0.230 e. The van der Waals surface area contributed by atoms with Crippen LogP contribution in [-0.2, 0) is 14.3 Å². The van der Waals surface area contributed by atoms with Crippen molar-refractivity contribution in [3.05, 3.63) is 70.3 Å². The predicted octanol–water partition coefficient (Wildman–Crippen LogP) is 3.99. The maximum atomic E-state index is 13.3. The van der Waals surface area contributed by atoms with Gasteiger partial charge < -0.3 is 14.2 Å². The highest BCUT2D eigenvalue weighted by Gasteiger charge is 2.36. The Labute approximate surface area is 168 Å². The first-order chi connectivity index (χ1) is 13.5. The number of rotatable bonds is 6. The lowest BCUT2D eigenvalue weighted by Gasteiger charge is -2.22. The number of hydrogen-bond donors (Lipinski definition) is 0. The maximum absolute atomic E-state index is 13.3. The van der Waals surface area contributed by atoms with E-state index in [0.717, 1.165) is 0 Å². The highest BCUT2D eigenvalue weighted by Crippen LogP contribution is 2.40. The molecule has 0 radical (unpaired) electrons. The van der Waals surface area contributed by atoms with Gasteiger partial charge in [-0.25, -0.2) is 0 Å². The van der Waals surface area contributed by atoms with Crippen molar-refractivity contribution in [2.45, 2.75) is 0 Å². The molecule has 0 saturated carbocycles. The average Bonchev–Trinajstić information content (AvgIpc) is 2.74. The predicted molar refractivity (Wildman–Crippen MR) is 110 cm³/mol. The van der Waals surface area contributed by atoms with Gasteiger partial charge in [0.2, 0.25) is 11.6 Å². The Morgan fingerprint density at radius 1 is 0.643 bits per heavy atom. The van der Waals surface area contributed by atoms with Crippen LogP contribution in [0.4, 0.5) is 0 Å². The zero-order valence-corrected chi connectivity index (χ0v) is 16.9. The summed E-state index contributed by atoms with van der Waals surface area (Å²) in [6, 6.07) is 14.0. The van der Waals surface area contributed by atoms with E-state index in [1.807, 2.05) is 0 Å². The van der Waals surface area contributed by atoms with Crippen LogP contribution in [0.3, 0.4) is 0 Å². The van der Waals surface area contributed by atoms with Crippen LogP contribution in [0.15, 0.2) is 59.2 Å². The van der Waals surface area contributed by atoms with Crippen molar-refractivity contribution < 1.29 is 23.8 Å². The highest BCUT2D eigenvalue weighted by molar-refractivity contribution is 8.03. The zero-order valence-electron chi connectivity index (χ0n) is 16.1. The third kappa shape index (κ3) is 3.43. The van der Waals surface area contributed by atoms with E-state index < -0.39 is 0 Å². The summed E-state index contributed by atoms with van der Waals surface area (Å²) in [7, 11) is 4.55. The van der Waals surface area contributed by atoms with E-state index in [9.17, 15) is 9.59 Å². The van der Waals surface area contributed by atoms with E-state index in [2.05, 4.69) is 0 Å². The van der Waals surface area contributed by atoms with Crippen LogP contribution < -0.4 is 9.47 Å². The SMILES string of the molecule is COC1=C(c2ccc(OC)cc2)C(=O)C(SC)=C(c2ccc(OC)cc2)C1=O. The molecule has 6 heteroatoms. The Kier molecular flexibility index (Phi) is 5.90. The molecular formula is C22H20O5S. The lowest BCUT2D eigenvalue weighted by Crippen LogP contribution is -2.22. The van der Waals surface area contributed by atoms with Crippen LogP contribution in [0.2, 0.25) is 0 Å². The van der Waals surface area contributed by atoms with Gasteiger partial charge in [0.25, 0.3) is 0 Å². The Bertz CT molecular complexity index is 887. The van der Waals surface area contributed by atoms with Crippen molar-refractivity contribution in [1.29, 1.82) is 0 Å². The summed E-state index contributed by atoms with van der Waals surface area (Å²) >= 11 is 1.25. The van der Waals surface area contributed by atoms with Crippen molar-refractivity contribution in [2.24, 2.45) is 0 Å². The molecule has 0 aromatic heterocycles. The molecule has 0 amide bonds. The molecule has 3 rings (SSSR count). The number of ether oxygens (including phenoxy) is 3. The minimum atomic E-state index is -0.317. The molecule has 2 aromatic rings. The van der Waals surface area contributed by atoms with Crippen molar-refractivity contribution in [2.75, 3.05) is 27.6 Å². The molecule has 0 fully saturated rings. The molecule has 144 valence electrons. The molecular weight excluding hydrogens is 376 g/mol. The fraction of sp³-hybridized carbons (Fsp3) is 0.182. The summed E-state index contributed by atoms with van der Waals surface area (Å²) in [5.41, 5.74) is 1.86. The first-order valence-corrected chi connectivity index (χ1v) is 9.73. The molecule has 2 aromatic carbocycles. The number of allylic oxidation sites excluding steroid dienone is 3. The molecule has 0 unspecified atom stereocenters. The number of benzene rings is 2. The molecule has 28 heavy (non-hydrogen) atoms. The van der Waals surface area contributed by atoms with Crippen LogP contribution in [0.1, 0.15) is 11.1 Å². The Hall–Kier alpha value is -2.99. The minimum absolute atomic E-state index is 0.0405. The monoisotopic (exact) mass is 396 g/mol. The van der Waals surface area contributed by atoms with E-state index in [4.69, 9.17) is 14.2 Å². The van der Waals surface area contributed by atoms with Gasteiger partial charge in [0.05, 0.1) is 37.4 Å². The van der Waals surface area contributed by atoms with Gasteiger partial charge in [-0.1, -0.05) is 24.3 Å². The Balaban J connectivity index is 2.14. The summed E-state index contributed by atoms with van der Waals surface area (Å²) in [4.78, 5) is 27.0. The van der Waals surface area contributed by atoms with Crippen LogP contribution in [0.5, 0.6) is 11.5 Å². The van der Waals surface area contributed by atoms with Crippen LogP contribution >= 0.6 is 11.8 Å². The summed E-state index contributed by atoms with van der Waals surface area (Å²) in [6.45, 7) is 0. The molecule has 0 bridgehead atoms. The lowest BCUT2D eigenvalue weighted by molar-refractivity contribution is -0.115. The van der Waals surface area contributed by atoms with E-state index >= 15 is 0 Å². The van der Waals surface area contributed by atoms with Crippen LogP contribution in [0, 0.1) is 0 Å². The van der Waals surface area contributed by atoms with E-state index in [-0.39, 0.29) is 22.9 Å². The van der Waals surface area contributed by atoms with Gasteiger partial charge in [-0.3, -0.25) is 9.59 Å².